The standard InChI is InChI=1S/C19H27N3O5/c1-24-13-11-22(12-14-25-2)18(23)6-4-5-17-20-19(21-27-17)15-7-9-16(26-3)10-8-15/h7-10H,4-6,11-14H2,1-3H3. The molecule has 0 atom stereocenters. The molecule has 0 saturated carbocycles. The number of carbonyl (C=O) groups is 1. The number of nitrogens with zero attached hydrogens (tertiary/aromatic N) is 3. The number of amides is 1. The predicted octanol–water partition coefficient (Wildman–Crippen LogP) is 2.19. The minimum Gasteiger partial charge on any atom is -0.497 e. The lowest BCUT2D eigenvalue weighted by molar-refractivity contribution is -0.132. The van der Waals surface area contributed by atoms with Crippen molar-refractivity contribution in [3.8, 4) is 17.1 Å². The molecular formula is C19H27N3O5. The van der Waals surface area contributed by atoms with Crippen molar-refractivity contribution in [1.82, 2.24) is 15.0 Å². The Hall–Kier alpha value is -2.45. The fourth-order valence-electron chi connectivity index (χ4n) is 2.53. The smallest absolute Gasteiger partial charge is 0.226 e. The average molecular weight is 377 g/mol. The van der Waals surface area contributed by atoms with Crippen LogP contribution in [0.4, 0.5) is 0 Å². The van der Waals surface area contributed by atoms with Crippen LogP contribution in [0.15, 0.2) is 28.8 Å². The maximum Gasteiger partial charge on any atom is 0.226 e. The topological polar surface area (TPSA) is 86.9 Å². The van der Waals surface area contributed by atoms with Crippen LogP contribution in [0.2, 0.25) is 0 Å². The zero-order valence-electron chi connectivity index (χ0n) is 16.1. The van der Waals surface area contributed by atoms with E-state index in [0.717, 1.165) is 11.3 Å². The normalized spacial score (nSPS) is 10.8. The molecule has 0 unspecified atom stereocenters. The van der Waals surface area contributed by atoms with E-state index in [4.69, 9.17) is 18.7 Å². The average Bonchev–Trinajstić information content (AvgIpc) is 3.17. The molecule has 1 heterocycles. The van der Waals surface area contributed by atoms with E-state index in [0.29, 0.717) is 57.3 Å². The molecule has 1 aromatic heterocycles. The molecule has 8 nitrogen and oxygen atoms in total. The lowest BCUT2D eigenvalue weighted by Crippen LogP contribution is -2.36. The highest BCUT2D eigenvalue weighted by atomic mass is 16.5. The fraction of sp³-hybridized carbons (Fsp3) is 0.526. The minimum atomic E-state index is 0.0685. The molecule has 0 N–H and O–H groups in total. The number of hydrogen-bond acceptors (Lipinski definition) is 7. The molecule has 0 bridgehead atoms. The summed E-state index contributed by atoms with van der Waals surface area (Å²) < 4.78 is 20.5. The van der Waals surface area contributed by atoms with Crippen LogP contribution in [0.5, 0.6) is 5.75 Å². The summed E-state index contributed by atoms with van der Waals surface area (Å²) in [6, 6.07) is 7.44. The summed E-state index contributed by atoms with van der Waals surface area (Å²) in [5.41, 5.74) is 0.854. The number of carbonyl (C=O) groups excluding carboxylic acids is 1. The summed E-state index contributed by atoms with van der Waals surface area (Å²) in [5.74, 6) is 1.89. The first-order chi connectivity index (χ1) is 13.2. The first-order valence-electron chi connectivity index (χ1n) is 8.90. The summed E-state index contributed by atoms with van der Waals surface area (Å²) in [6.07, 6.45) is 1.60. The maximum atomic E-state index is 12.4. The van der Waals surface area contributed by atoms with Crippen LogP contribution in [0.1, 0.15) is 18.7 Å². The van der Waals surface area contributed by atoms with Crippen molar-refractivity contribution in [2.24, 2.45) is 0 Å². The molecule has 1 amide bonds. The lowest BCUT2D eigenvalue weighted by Gasteiger charge is -2.21. The Balaban J connectivity index is 1.83. The van der Waals surface area contributed by atoms with Crippen molar-refractivity contribution < 1.29 is 23.5 Å². The molecule has 27 heavy (non-hydrogen) atoms. The summed E-state index contributed by atoms with van der Waals surface area (Å²) in [4.78, 5) is 18.5. The van der Waals surface area contributed by atoms with Gasteiger partial charge in [0.25, 0.3) is 0 Å². The van der Waals surface area contributed by atoms with E-state index in [-0.39, 0.29) is 5.91 Å². The van der Waals surface area contributed by atoms with Gasteiger partial charge in [-0.2, -0.15) is 4.98 Å². The Morgan fingerprint density at radius 1 is 1.07 bits per heavy atom. The fourth-order valence-corrected chi connectivity index (χ4v) is 2.53. The minimum absolute atomic E-state index is 0.0685. The van der Waals surface area contributed by atoms with Crippen molar-refractivity contribution in [2.75, 3.05) is 47.6 Å². The first kappa shape index (κ1) is 20.9. The second-order valence-corrected chi connectivity index (χ2v) is 5.96. The van der Waals surface area contributed by atoms with Crippen LogP contribution in [-0.2, 0) is 20.7 Å². The van der Waals surface area contributed by atoms with Gasteiger partial charge in [-0.05, 0) is 30.7 Å². The number of aryl methyl sites for hydroxylation is 1. The van der Waals surface area contributed by atoms with Crippen molar-refractivity contribution >= 4 is 5.91 Å². The van der Waals surface area contributed by atoms with E-state index in [2.05, 4.69) is 10.1 Å². The van der Waals surface area contributed by atoms with Gasteiger partial charge in [0.05, 0.1) is 20.3 Å². The largest absolute Gasteiger partial charge is 0.497 e. The number of rotatable bonds is 12. The van der Waals surface area contributed by atoms with E-state index in [1.165, 1.54) is 0 Å². The van der Waals surface area contributed by atoms with Crippen LogP contribution in [-0.4, -0.2) is 68.6 Å². The van der Waals surface area contributed by atoms with Crippen molar-refractivity contribution in [1.29, 1.82) is 0 Å². The number of aromatic nitrogens is 2. The van der Waals surface area contributed by atoms with Gasteiger partial charge in [0.1, 0.15) is 5.75 Å². The van der Waals surface area contributed by atoms with E-state index in [1.807, 2.05) is 24.3 Å². The molecule has 2 rings (SSSR count). The molecule has 0 radical (unpaired) electrons. The van der Waals surface area contributed by atoms with Gasteiger partial charge in [-0.1, -0.05) is 5.16 Å². The first-order valence-corrected chi connectivity index (χ1v) is 8.90. The van der Waals surface area contributed by atoms with Gasteiger partial charge >= 0.3 is 0 Å². The van der Waals surface area contributed by atoms with Crippen LogP contribution >= 0.6 is 0 Å². The highest BCUT2D eigenvalue weighted by molar-refractivity contribution is 5.76. The number of methoxy groups -OCH3 is 3. The Bertz CT molecular complexity index is 679. The Morgan fingerprint density at radius 2 is 1.74 bits per heavy atom. The molecule has 8 heteroatoms. The number of hydrogen-bond donors (Lipinski definition) is 0. The van der Waals surface area contributed by atoms with Crippen molar-refractivity contribution in [2.45, 2.75) is 19.3 Å². The van der Waals surface area contributed by atoms with Crippen molar-refractivity contribution in [3.63, 3.8) is 0 Å². The highest BCUT2D eigenvalue weighted by Crippen LogP contribution is 2.20. The van der Waals surface area contributed by atoms with Crippen LogP contribution in [0, 0.1) is 0 Å². The number of ether oxygens (including phenoxy) is 3. The maximum absolute atomic E-state index is 12.4. The summed E-state index contributed by atoms with van der Waals surface area (Å²) >= 11 is 0. The van der Waals surface area contributed by atoms with Crippen molar-refractivity contribution in [3.05, 3.63) is 30.2 Å². The van der Waals surface area contributed by atoms with E-state index in [1.54, 1.807) is 26.2 Å². The zero-order valence-corrected chi connectivity index (χ0v) is 16.1. The molecule has 0 fully saturated rings. The molecule has 0 spiro atoms. The summed E-state index contributed by atoms with van der Waals surface area (Å²) in [5, 5.41) is 4.00. The van der Waals surface area contributed by atoms with Gasteiger partial charge in [0.2, 0.25) is 17.6 Å². The molecular weight excluding hydrogens is 350 g/mol. The monoisotopic (exact) mass is 377 g/mol. The predicted molar refractivity (Wildman–Crippen MR) is 99.6 cm³/mol. The third-order valence-electron chi connectivity index (χ3n) is 4.08. The summed E-state index contributed by atoms with van der Waals surface area (Å²) in [6.45, 7) is 2.12. The third-order valence-corrected chi connectivity index (χ3v) is 4.08. The Morgan fingerprint density at radius 3 is 2.33 bits per heavy atom. The third kappa shape index (κ3) is 6.65. The van der Waals surface area contributed by atoms with Crippen LogP contribution in [0.25, 0.3) is 11.4 Å². The molecule has 0 saturated heterocycles. The van der Waals surface area contributed by atoms with Gasteiger partial charge in [0, 0.05) is 45.7 Å². The molecule has 0 aliphatic carbocycles. The second-order valence-electron chi connectivity index (χ2n) is 5.96. The van der Waals surface area contributed by atoms with Gasteiger partial charge < -0.3 is 23.6 Å². The number of benzene rings is 1. The Labute approximate surface area is 159 Å². The lowest BCUT2D eigenvalue weighted by atomic mass is 10.2. The highest BCUT2D eigenvalue weighted by Gasteiger charge is 2.14. The zero-order chi connectivity index (χ0) is 19.5. The molecule has 0 aliphatic heterocycles. The SMILES string of the molecule is COCCN(CCOC)C(=O)CCCc1nc(-c2ccc(OC)cc2)no1. The van der Waals surface area contributed by atoms with Gasteiger partial charge in [-0.15, -0.1) is 0 Å². The van der Waals surface area contributed by atoms with Crippen LogP contribution < -0.4 is 4.74 Å². The van der Waals surface area contributed by atoms with Gasteiger partial charge in [-0.3, -0.25) is 4.79 Å². The molecule has 148 valence electrons. The van der Waals surface area contributed by atoms with E-state index < -0.39 is 0 Å². The quantitative estimate of drug-likeness (QED) is 0.560. The molecule has 2 aromatic rings. The summed E-state index contributed by atoms with van der Waals surface area (Å²) in [7, 11) is 4.86. The molecule has 1 aromatic carbocycles. The van der Waals surface area contributed by atoms with Gasteiger partial charge in [-0.25, -0.2) is 0 Å². The molecule has 0 aliphatic rings. The Kier molecular flexibility index (Phi) is 8.73. The van der Waals surface area contributed by atoms with Crippen LogP contribution in [0.3, 0.4) is 0 Å². The second kappa shape index (κ2) is 11.3. The van der Waals surface area contributed by atoms with E-state index in [9.17, 15) is 4.79 Å². The van der Waals surface area contributed by atoms with E-state index >= 15 is 0 Å². The van der Waals surface area contributed by atoms with Gasteiger partial charge in [0.15, 0.2) is 0 Å².